The second-order valence-corrected chi connectivity index (χ2v) is 20.6. The number of sulfonamides is 1. The molecule has 1 saturated heterocycles. The summed E-state index contributed by atoms with van der Waals surface area (Å²) >= 11 is 1.11. The maximum absolute atomic E-state index is 14.4. The number of alkyl halides is 3. The molecule has 0 spiro atoms. The topological polar surface area (TPSA) is 128 Å². The first-order chi connectivity index (χ1) is 30.0. The summed E-state index contributed by atoms with van der Waals surface area (Å²) in [5.41, 5.74) is -1.85. The molecule has 1 fully saturated rings. The van der Waals surface area contributed by atoms with Gasteiger partial charge in [-0.3, -0.25) is 14.5 Å². The third-order valence-electron chi connectivity index (χ3n) is 11.3. The van der Waals surface area contributed by atoms with Gasteiger partial charge in [-0.15, -0.1) is 11.8 Å². The van der Waals surface area contributed by atoms with Gasteiger partial charge >= 0.3 is 5.51 Å². The zero-order chi connectivity index (χ0) is 44.9. The van der Waals surface area contributed by atoms with Crippen LogP contribution in [0.2, 0.25) is 0 Å². The maximum atomic E-state index is 14.4. The summed E-state index contributed by atoms with van der Waals surface area (Å²) < 4.78 is 127. The highest BCUT2D eigenvalue weighted by Gasteiger charge is 2.48. The Hall–Kier alpha value is -4.66. The summed E-state index contributed by atoms with van der Waals surface area (Å²) in [6, 6.07) is 22.8. The van der Waals surface area contributed by atoms with Crippen LogP contribution in [0, 0.1) is 11.6 Å². The number of nitrogens with zero attached hydrogens (tertiary/aromatic N) is 5. The molecular formula is C44H48F5N7O4S3. The average Bonchev–Trinajstić information content (AvgIpc) is 3.25. The largest absolute Gasteiger partial charge is 0.501 e. The molecule has 63 heavy (non-hydrogen) atoms. The minimum atomic E-state index is -6.06. The van der Waals surface area contributed by atoms with Crippen molar-refractivity contribution in [2.24, 2.45) is 0 Å². The van der Waals surface area contributed by atoms with Gasteiger partial charge in [-0.25, -0.2) is 35.6 Å². The number of halogens is 5. The van der Waals surface area contributed by atoms with Gasteiger partial charge in [0.05, 0.1) is 16.3 Å². The third-order valence-corrected chi connectivity index (χ3v) is 15.4. The highest BCUT2D eigenvalue weighted by atomic mass is 32.2. The lowest BCUT2D eigenvalue weighted by molar-refractivity contribution is -0.0435. The molecule has 2 aliphatic heterocycles. The Morgan fingerprint density at radius 1 is 0.889 bits per heavy atom. The average molecular weight is 930 g/mol. The number of likely N-dealkylation sites (tertiary alicyclic amines) is 1. The quantitative estimate of drug-likeness (QED) is 0.0737. The van der Waals surface area contributed by atoms with E-state index in [4.69, 9.17) is 0 Å². The molecule has 1 aromatic heterocycles. The van der Waals surface area contributed by atoms with E-state index in [1.165, 1.54) is 30.6 Å². The van der Waals surface area contributed by atoms with E-state index in [2.05, 4.69) is 35.9 Å². The molecule has 7 rings (SSSR count). The van der Waals surface area contributed by atoms with E-state index >= 15 is 0 Å². The summed E-state index contributed by atoms with van der Waals surface area (Å²) in [6.07, 6.45) is 3.75. The smallest absolute Gasteiger partial charge is 0.380 e. The highest BCUT2D eigenvalue weighted by Crippen LogP contribution is 2.38. The van der Waals surface area contributed by atoms with Gasteiger partial charge in [0.2, 0.25) is 0 Å². The van der Waals surface area contributed by atoms with Crippen molar-refractivity contribution < 1.29 is 38.8 Å². The lowest BCUT2D eigenvalue weighted by Gasteiger charge is -2.40. The minimum absolute atomic E-state index is 0.0364. The second kappa shape index (κ2) is 19.6. The van der Waals surface area contributed by atoms with Crippen LogP contribution < -0.4 is 10.0 Å². The van der Waals surface area contributed by atoms with E-state index in [1.54, 1.807) is 38.4 Å². The maximum Gasteiger partial charge on any atom is 0.501 e. The van der Waals surface area contributed by atoms with E-state index in [0.29, 0.717) is 54.7 Å². The van der Waals surface area contributed by atoms with Crippen LogP contribution in [0.1, 0.15) is 36.1 Å². The number of benzene rings is 4. The number of aromatic nitrogens is 2. The van der Waals surface area contributed by atoms with Crippen LogP contribution in [-0.2, 0) is 39.4 Å². The molecule has 0 unspecified atom stereocenters. The number of anilines is 2. The van der Waals surface area contributed by atoms with Gasteiger partial charge in [-0.2, -0.15) is 13.2 Å². The molecule has 0 radical (unpaired) electrons. The first-order valence-corrected chi connectivity index (χ1v) is 24.3. The Balaban J connectivity index is 1.04. The fourth-order valence-corrected chi connectivity index (χ4v) is 11.0. The molecule has 1 atom stereocenters. The molecule has 0 bridgehead atoms. The zero-order valence-electron chi connectivity index (χ0n) is 34.7. The molecule has 0 amide bonds. The molecule has 0 aliphatic carbocycles. The molecule has 0 saturated carbocycles. The van der Waals surface area contributed by atoms with Crippen LogP contribution in [0.3, 0.4) is 0 Å². The molecule has 2 N–H and O–H groups in total. The van der Waals surface area contributed by atoms with E-state index < -0.39 is 52.7 Å². The summed E-state index contributed by atoms with van der Waals surface area (Å²) in [5, 5.41) is 2.89. The molecule has 19 heteroatoms. The number of thioether (sulfide) groups is 1. The van der Waals surface area contributed by atoms with Crippen molar-refractivity contribution in [2.45, 2.75) is 71.1 Å². The van der Waals surface area contributed by atoms with Crippen LogP contribution in [0.15, 0.2) is 112 Å². The van der Waals surface area contributed by atoms with Crippen LogP contribution in [0.5, 0.6) is 0 Å². The SMILES string of the molecule is CN(C)CC[C@H](CSc1ccccc1F)Nc1ccc(S(=O)(=O)Nc2ncnc3c2CCN(C2CCN(Cc4ccccc4-c4ccc(F)cc4)CC2)C3)cc1S(=O)(=O)C(F)(F)F. The van der Waals surface area contributed by atoms with E-state index in [0.717, 1.165) is 73.1 Å². The van der Waals surface area contributed by atoms with Crippen LogP contribution in [0.4, 0.5) is 33.5 Å². The monoisotopic (exact) mass is 929 g/mol. The number of hydrogen-bond acceptors (Lipinski definition) is 11. The Morgan fingerprint density at radius 3 is 2.32 bits per heavy atom. The molecule has 3 heterocycles. The summed E-state index contributed by atoms with van der Waals surface area (Å²) in [4.78, 5) is 13.5. The minimum Gasteiger partial charge on any atom is -0.380 e. The lowest BCUT2D eigenvalue weighted by atomic mass is 9.96. The fourth-order valence-electron chi connectivity index (χ4n) is 7.93. The Bertz CT molecular complexity index is 2610. The Kier molecular flexibility index (Phi) is 14.4. The van der Waals surface area contributed by atoms with Gasteiger partial charge in [0.25, 0.3) is 19.9 Å². The molecule has 5 aromatic rings. The van der Waals surface area contributed by atoms with Crippen molar-refractivity contribution in [2.75, 3.05) is 56.1 Å². The molecule has 336 valence electrons. The summed E-state index contributed by atoms with van der Waals surface area (Å²) in [7, 11) is -7.14. The predicted molar refractivity (Wildman–Crippen MR) is 234 cm³/mol. The van der Waals surface area contributed by atoms with Crippen LogP contribution in [0.25, 0.3) is 11.1 Å². The standard InChI is InChI=1S/C44H48F5N7O4S3/c1-54(2)21-17-33(28-61-41-10-6-5-9-38(41)46)52-39-16-15-35(25-42(39)62(57,58)44(47,48)49)63(59,60)53-43-37-20-24-56(27-40(37)50-29-51-43)34-18-22-55(23-19-34)26-31-7-3-4-8-36(31)30-11-13-32(45)14-12-30/h3-16,25,29,33-34,52H,17-24,26-28H2,1-2H3,(H,50,51,53)/t33-/m1/s1. The second-order valence-electron chi connectivity index (χ2n) is 15.9. The number of nitrogens with one attached hydrogen (secondary N) is 2. The van der Waals surface area contributed by atoms with Crippen molar-refractivity contribution in [3.63, 3.8) is 0 Å². The van der Waals surface area contributed by atoms with Gasteiger partial charge in [0, 0.05) is 47.9 Å². The summed E-state index contributed by atoms with van der Waals surface area (Å²) in [5.74, 6) is -0.637. The van der Waals surface area contributed by atoms with Gasteiger partial charge < -0.3 is 10.2 Å². The highest BCUT2D eigenvalue weighted by molar-refractivity contribution is 7.99. The van der Waals surface area contributed by atoms with E-state index in [9.17, 15) is 38.8 Å². The predicted octanol–water partition coefficient (Wildman–Crippen LogP) is 8.06. The number of fused-ring (bicyclic) bond motifs is 1. The van der Waals surface area contributed by atoms with Crippen molar-refractivity contribution in [1.29, 1.82) is 0 Å². The number of rotatable bonds is 16. The molecule has 2 aliphatic rings. The van der Waals surface area contributed by atoms with Gasteiger partial charge in [0.1, 0.15) is 28.7 Å². The van der Waals surface area contributed by atoms with Gasteiger partial charge in [-0.05, 0) is 119 Å². The third kappa shape index (κ3) is 11.2. The van der Waals surface area contributed by atoms with Crippen molar-refractivity contribution >= 4 is 43.1 Å². The van der Waals surface area contributed by atoms with Crippen LogP contribution >= 0.6 is 11.8 Å². The lowest BCUT2D eigenvalue weighted by Crippen LogP contribution is -2.46. The molecular weight excluding hydrogens is 882 g/mol. The van der Waals surface area contributed by atoms with Gasteiger partial charge in [-0.1, -0.05) is 48.5 Å². The van der Waals surface area contributed by atoms with Crippen LogP contribution in [-0.4, -0.2) is 105 Å². The normalized spacial score (nSPS) is 16.2. The van der Waals surface area contributed by atoms with Gasteiger partial charge in [0.15, 0.2) is 0 Å². The molecule has 4 aromatic carbocycles. The van der Waals surface area contributed by atoms with E-state index in [-0.39, 0.29) is 23.4 Å². The first kappa shape index (κ1) is 46.3. The Morgan fingerprint density at radius 2 is 1.60 bits per heavy atom. The van der Waals surface area contributed by atoms with E-state index in [1.807, 2.05) is 23.1 Å². The number of hydrogen-bond donors (Lipinski definition) is 2. The number of sulfone groups is 1. The number of piperidine rings is 1. The fraction of sp³-hybridized carbons (Fsp3) is 0.364. The van der Waals surface area contributed by atoms with Crippen molar-refractivity contribution in [3.05, 3.63) is 126 Å². The zero-order valence-corrected chi connectivity index (χ0v) is 37.1. The molecule has 11 nitrogen and oxygen atoms in total. The van der Waals surface area contributed by atoms with Crippen molar-refractivity contribution in [1.82, 2.24) is 24.7 Å². The Labute approximate surface area is 369 Å². The summed E-state index contributed by atoms with van der Waals surface area (Å²) in [6.45, 7) is 3.93. The van der Waals surface area contributed by atoms with Crippen molar-refractivity contribution in [3.8, 4) is 11.1 Å². The first-order valence-electron chi connectivity index (χ1n) is 20.4.